The number of hydrogen-bond acceptors (Lipinski definition) is 5. The number of carbonyl (C=O) groups is 2. The van der Waals surface area contributed by atoms with Crippen molar-refractivity contribution < 1.29 is 18.7 Å². The van der Waals surface area contributed by atoms with Crippen LogP contribution in [0.15, 0.2) is 86.5 Å². The monoisotopic (exact) mass is 503 g/mol. The van der Waals surface area contributed by atoms with Crippen LogP contribution in [-0.2, 0) is 11.3 Å². The van der Waals surface area contributed by atoms with E-state index in [1.165, 1.54) is 7.11 Å². The number of halogens is 1. The molecule has 0 N–H and O–H groups in total. The molecule has 2 heterocycles. The predicted molar refractivity (Wildman–Crippen MR) is 126 cm³/mol. The molecule has 4 aromatic rings. The Balaban J connectivity index is 1.70. The van der Waals surface area contributed by atoms with Gasteiger partial charge in [0, 0.05) is 11.0 Å². The minimum atomic E-state index is -0.654. The maximum Gasteiger partial charge on any atom is 0.337 e. The second-order valence-corrected chi connectivity index (χ2v) is 8.66. The van der Waals surface area contributed by atoms with E-state index < -0.39 is 12.0 Å². The Labute approximate surface area is 197 Å². The third-order valence-corrected chi connectivity index (χ3v) is 6.26. The van der Waals surface area contributed by atoms with E-state index in [0.29, 0.717) is 34.2 Å². The van der Waals surface area contributed by atoms with E-state index in [0.717, 1.165) is 10.0 Å². The Hall–Kier alpha value is -3.71. The predicted octanol–water partition coefficient (Wildman–Crippen LogP) is 5.09. The second kappa shape index (κ2) is 8.33. The van der Waals surface area contributed by atoms with Gasteiger partial charge >= 0.3 is 5.97 Å². The number of methoxy groups -OCH3 is 1. The molecule has 0 saturated heterocycles. The van der Waals surface area contributed by atoms with Crippen molar-refractivity contribution in [3.63, 3.8) is 0 Å². The fraction of sp³-hybridized carbons (Fsp3) is 0.115. The normalized spacial score (nSPS) is 15.0. The lowest BCUT2D eigenvalue weighted by atomic mass is 9.97. The largest absolute Gasteiger partial charge is 0.465 e. The van der Waals surface area contributed by atoms with Gasteiger partial charge in [0.2, 0.25) is 5.76 Å². The molecule has 1 unspecified atom stereocenters. The van der Waals surface area contributed by atoms with E-state index in [1.54, 1.807) is 47.4 Å². The first-order chi connectivity index (χ1) is 16.0. The first-order valence-corrected chi connectivity index (χ1v) is 11.1. The summed E-state index contributed by atoms with van der Waals surface area (Å²) in [5.74, 6) is -0.758. The molecule has 3 aromatic carbocycles. The molecule has 0 bridgehead atoms. The molecule has 164 valence electrons. The minimum absolute atomic E-state index is 0.0489. The third kappa shape index (κ3) is 3.64. The summed E-state index contributed by atoms with van der Waals surface area (Å²) in [6.07, 6.45) is 0. The molecule has 0 radical (unpaired) electrons. The summed E-state index contributed by atoms with van der Waals surface area (Å²) >= 11 is 3.40. The number of amides is 1. The lowest BCUT2D eigenvalue weighted by molar-refractivity contribution is 0.0599. The number of fused-ring (bicyclic) bond motifs is 2. The summed E-state index contributed by atoms with van der Waals surface area (Å²) in [5, 5.41) is 0.397. The van der Waals surface area contributed by atoms with Gasteiger partial charge < -0.3 is 14.1 Å². The average Bonchev–Trinajstić information content (AvgIpc) is 3.11. The van der Waals surface area contributed by atoms with Crippen molar-refractivity contribution >= 4 is 38.8 Å². The zero-order valence-electron chi connectivity index (χ0n) is 17.6. The van der Waals surface area contributed by atoms with Crippen LogP contribution in [-0.4, -0.2) is 23.9 Å². The highest BCUT2D eigenvalue weighted by Gasteiger charge is 2.42. The Kier molecular flexibility index (Phi) is 5.34. The molecule has 5 rings (SSSR count). The Morgan fingerprint density at radius 1 is 1.03 bits per heavy atom. The van der Waals surface area contributed by atoms with Crippen LogP contribution in [0.5, 0.6) is 0 Å². The molecule has 1 aromatic heterocycles. The molecule has 0 aliphatic carbocycles. The highest BCUT2D eigenvalue weighted by Crippen LogP contribution is 2.39. The van der Waals surface area contributed by atoms with Gasteiger partial charge in [0.05, 0.1) is 29.7 Å². The van der Waals surface area contributed by atoms with E-state index in [9.17, 15) is 14.4 Å². The summed E-state index contributed by atoms with van der Waals surface area (Å²) in [4.78, 5) is 40.6. The maximum atomic E-state index is 13.6. The van der Waals surface area contributed by atoms with E-state index >= 15 is 0 Å². The van der Waals surface area contributed by atoms with Gasteiger partial charge in [-0.05, 0) is 41.5 Å². The molecule has 7 heteroatoms. The van der Waals surface area contributed by atoms with Gasteiger partial charge in [-0.3, -0.25) is 9.59 Å². The number of ether oxygens (including phenoxy) is 1. The smallest absolute Gasteiger partial charge is 0.337 e. The summed E-state index contributed by atoms with van der Waals surface area (Å²) in [6, 6.07) is 20.8. The van der Waals surface area contributed by atoms with Gasteiger partial charge in [-0.15, -0.1) is 0 Å². The standard InChI is InChI=1S/C26H18BrNO5/c1-32-26(31)17-9-7-16(8-10-17)22-21-23(29)19-13-18(27)11-12-20(19)33-24(21)25(30)28(22)14-15-5-3-2-4-6-15/h2-13,22H,14H2,1H3. The fourth-order valence-corrected chi connectivity index (χ4v) is 4.56. The minimum Gasteiger partial charge on any atom is -0.465 e. The number of hydrogen-bond donors (Lipinski definition) is 0. The first-order valence-electron chi connectivity index (χ1n) is 10.3. The van der Waals surface area contributed by atoms with Crippen LogP contribution in [0.1, 0.15) is 43.6 Å². The van der Waals surface area contributed by atoms with Gasteiger partial charge in [-0.1, -0.05) is 58.4 Å². The van der Waals surface area contributed by atoms with E-state index in [4.69, 9.17) is 9.15 Å². The van der Waals surface area contributed by atoms with E-state index in [2.05, 4.69) is 15.9 Å². The van der Waals surface area contributed by atoms with Crippen LogP contribution in [0.3, 0.4) is 0 Å². The number of nitrogens with zero attached hydrogens (tertiary/aromatic N) is 1. The zero-order chi connectivity index (χ0) is 23.1. The van der Waals surface area contributed by atoms with E-state index in [-0.39, 0.29) is 17.1 Å². The molecule has 33 heavy (non-hydrogen) atoms. The lowest BCUT2D eigenvalue weighted by Crippen LogP contribution is -2.29. The van der Waals surface area contributed by atoms with Crippen molar-refractivity contribution in [2.24, 2.45) is 0 Å². The second-order valence-electron chi connectivity index (χ2n) is 7.75. The van der Waals surface area contributed by atoms with Crippen molar-refractivity contribution in [2.45, 2.75) is 12.6 Å². The molecule has 1 aliphatic heterocycles. The molecular weight excluding hydrogens is 486 g/mol. The number of rotatable bonds is 4. The fourth-order valence-electron chi connectivity index (χ4n) is 4.20. The van der Waals surface area contributed by atoms with Crippen LogP contribution >= 0.6 is 15.9 Å². The highest BCUT2D eigenvalue weighted by molar-refractivity contribution is 9.10. The summed E-state index contributed by atoms with van der Waals surface area (Å²) < 4.78 is 11.5. The van der Waals surface area contributed by atoms with Gasteiger partial charge in [-0.25, -0.2) is 4.79 Å². The Morgan fingerprint density at radius 3 is 2.45 bits per heavy atom. The van der Waals surface area contributed by atoms with Crippen molar-refractivity contribution in [3.05, 3.63) is 116 Å². The molecule has 6 nitrogen and oxygen atoms in total. The Bertz CT molecular complexity index is 1440. The van der Waals surface area contributed by atoms with Crippen molar-refractivity contribution in [3.8, 4) is 0 Å². The highest BCUT2D eigenvalue weighted by atomic mass is 79.9. The van der Waals surface area contributed by atoms with Crippen LogP contribution in [0, 0.1) is 0 Å². The first kappa shape index (κ1) is 21.2. The van der Waals surface area contributed by atoms with Crippen LogP contribution < -0.4 is 5.43 Å². The zero-order valence-corrected chi connectivity index (χ0v) is 19.2. The summed E-state index contributed by atoms with van der Waals surface area (Å²) in [5.41, 5.74) is 2.42. The average molecular weight is 504 g/mol. The van der Waals surface area contributed by atoms with Gasteiger partial charge in [0.25, 0.3) is 5.91 Å². The van der Waals surface area contributed by atoms with Crippen molar-refractivity contribution in [2.75, 3.05) is 7.11 Å². The van der Waals surface area contributed by atoms with Gasteiger partial charge in [0.15, 0.2) is 5.43 Å². The van der Waals surface area contributed by atoms with Crippen molar-refractivity contribution in [1.82, 2.24) is 4.90 Å². The molecule has 0 saturated carbocycles. The lowest BCUT2D eigenvalue weighted by Gasteiger charge is -2.25. The van der Waals surface area contributed by atoms with Crippen LogP contribution in [0.4, 0.5) is 0 Å². The number of benzene rings is 3. The molecule has 1 atom stereocenters. The van der Waals surface area contributed by atoms with Gasteiger partial charge in [0.1, 0.15) is 5.58 Å². The third-order valence-electron chi connectivity index (χ3n) is 5.77. The molecule has 1 amide bonds. The Morgan fingerprint density at radius 2 is 1.76 bits per heavy atom. The quantitative estimate of drug-likeness (QED) is 0.362. The topological polar surface area (TPSA) is 76.8 Å². The van der Waals surface area contributed by atoms with Gasteiger partial charge in [-0.2, -0.15) is 0 Å². The number of carbonyl (C=O) groups excluding carboxylic acids is 2. The summed E-state index contributed by atoms with van der Waals surface area (Å²) in [7, 11) is 1.32. The SMILES string of the molecule is COC(=O)c1ccc(C2c3c(oc4ccc(Br)cc4c3=O)C(=O)N2Cc2ccccc2)cc1. The van der Waals surface area contributed by atoms with Crippen molar-refractivity contribution in [1.29, 1.82) is 0 Å². The van der Waals surface area contributed by atoms with Crippen LogP contribution in [0.2, 0.25) is 0 Å². The maximum absolute atomic E-state index is 13.6. The summed E-state index contributed by atoms with van der Waals surface area (Å²) in [6.45, 7) is 0.298. The molecule has 0 spiro atoms. The van der Waals surface area contributed by atoms with Crippen LogP contribution in [0.25, 0.3) is 11.0 Å². The molecule has 0 fully saturated rings. The number of esters is 1. The molecule has 1 aliphatic rings. The van der Waals surface area contributed by atoms with E-state index in [1.807, 2.05) is 30.3 Å². The molecular formula is C26H18BrNO5.